The normalized spacial score (nSPS) is 19.8. The first kappa shape index (κ1) is 14.9. The number of amides is 1. The fourth-order valence-electron chi connectivity index (χ4n) is 2.48. The van der Waals surface area contributed by atoms with Crippen LogP contribution in [-0.4, -0.2) is 36.2 Å². The van der Waals surface area contributed by atoms with E-state index in [4.69, 9.17) is 4.74 Å². The third-order valence-corrected chi connectivity index (χ3v) is 3.42. The molecule has 1 aromatic rings. The second kappa shape index (κ2) is 5.83. The van der Waals surface area contributed by atoms with Gasteiger partial charge in [0.2, 0.25) is 0 Å². The number of ether oxygens (including phenoxy) is 1. The maximum absolute atomic E-state index is 12.4. The maximum Gasteiger partial charge on any atom is 0.410 e. The van der Waals surface area contributed by atoms with Crippen LogP contribution in [0.4, 0.5) is 4.79 Å². The number of benzene rings is 1. The van der Waals surface area contributed by atoms with Gasteiger partial charge in [0.15, 0.2) is 0 Å². The van der Waals surface area contributed by atoms with Gasteiger partial charge in [0.25, 0.3) is 0 Å². The highest BCUT2D eigenvalue weighted by Crippen LogP contribution is 2.26. The molecule has 1 fully saturated rings. The van der Waals surface area contributed by atoms with Crippen LogP contribution in [-0.2, 0) is 4.74 Å². The van der Waals surface area contributed by atoms with Gasteiger partial charge in [0.1, 0.15) is 5.60 Å². The van der Waals surface area contributed by atoms with Crippen molar-refractivity contribution >= 4 is 6.09 Å². The van der Waals surface area contributed by atoms with Gasteiger partial charge in [-0.15, -0.1) is 0 Å². The minimum atomic E-state index is -0.460. The molecular weight excluding hydrogens is 252 g/mol. The summed E-state index contributed by atoms with van der Waals surface area (Å²) in [5.74, 6) is 0. The fourth-order valence-corrected chi connectivity index (χ4v) is 2.48. The standard InChI is InChI=1S/C16H24N2O2/c1-12-7-5-6-8-13(12)14-11-17-9-10-18(14)15(19)20-16(2,3)4/h5-8,14,17H,9-11H2,1-4H3. The third-order valence-electron chi connectivity index (χ3n) is 3.42. The zero-order chi connectivity index (χ0) is 14.8. The summed E-state index contributed by atoms with van der Waals surface area (Å²) in [7, 11) is 0. The summed E-state index contributed by atoms with van der Waals surface area (Å²) in [5, 5.41) is 3.36. The van der Waals surface area contributed by atoms with Gasteiger partial charge < -0.3 is 10.1 Å². The first-order valence-electron chi connectivity index (χ1n) is 7.14. The minimum absolute atomic E-state index is 0.0415. The second-order valence-electron chi connectivity index (χ2n) is 6.25. The van der Waals surface area contributed by atoms with Gasteiger partial charge in [0, 0.05) is 19.6 Å². The Labute approximate surface area is 121 Å². The monoisotopic (exact) mass is 276 g/mol. The fraction of sp³-hybridized carbons (Fsp3) is 0.562. The van der Waals surface area contributed by atoms with Crippen molar-refractivity contribution in [3.05, 3.63) is 35.4 Å². The Morgan fingerprint density at radius 1 is 1.35 bits per heavy atom. The number of hydrogen-bond donors (Lipinski definition) is 1. The molecule has 1 aliphatic heterocycles. The molecule has 0 bridgehead atoms. The third kappa shape index (κ3) is 3.51. The van der Waals surface area contributed by atoms with E-state index >= 15 is 0 Å². The molecule has 0 spiro atoms. The molecule has 110 valence electrons. The predicted molar refractivity (Wildman–Crippen MR) is 79.7 cm³/mol. The van der Waals surface area contributed by atoms with Crippen LogP contribution in [0.15, 0.2) is 24.3 Å². The Bertz CT molecular complexity index is 480. The number of rotatable bonds is 1. The van der Waals surface area contributed by atoms with Crippen LogP contribution < -0.4 is 5.32 Å². The van der Waals surface area contributed by atoms with Gasteiger partial charge in [-0.25, -0.2) is 4.79 Å². The van der Waals surface area contributed by atoms with E-state index in [0.717, 1.165) is 13.1 Å². The van der Waals surface area contributed by atoms with E-state index in [-0.39, 0.29) is 12.1 Å². The summed E-state index contributed by atoms with van der Waals surface area (Å²) < 4.78 is 5.53. The molecule has 1 saturated heterocycles. The van der Waals surface area contributed by atoms with Crippen LogP contribution in [0.5, 0.6) is 0 Å². The summed E-state index contributed by atoms with van der Waals surface area (Å²) in [4.78, 5) is 14.2. The van der Waals surface area contributed by atoms with Crippen LogP contribution in [0.25, 0.3) is 0 Å². The van der Waals surface area contributed by atoms with Crippen molar-refractivity contribution in [3.63, 3.8) is 0 Å². The van der Waals surface area contributed by atoms with Crippen molar-refractivity contribution in [2.75, 3.05) is 19.6 Å². The number of carbonyl (C=O) groups is 1. The Morgan fingerprint density at radius 2 is 2.05 bits per heavy atom. The van der Waals surface area contributed by atoms with Crippen molar-refractivity contribution < 1.29 is 9.53 Å². The van der Waals surface area contributed by atoms with E-state index in [2.05, 4.69) is 24.4 Å². The van der Waals surface area contributed by atoms with Crippen molar-refractivity contribution in [3.8, 4) is 0 Å². The summed E-state index contributed by atoms with van der Waals surface area (Å²) in [6, 6.07) is 8.25. The van der Waals surface area contributed by atoms with Crippen LogP contribution in [0.3, 0.4) is 0 Å². The summed E-state index contributed by atoms with van der Waals surface area (Å²) in [5.41, 5.74) is 1.93. The number of carbonyl (C=O) groups excluding carboxylic acids is 1. The average Bonchev–Trinajstić information content (AvgIpc) is 2.37. The van der Waals surface area contributed by atoms with Crippen LogP contribution in [0.2, 0.25) is 0 Å². The minimum Gasteiger partial charge on any atom is -0.444 e. The quantitative estimate of drug-likeness (QED) is 0.857. The molecule has 20 heavy (non-hydrogen) atoms. The number of nitrogens with zero attached hydrogens (tertiary/aromatic N) is 1. The lowest BCUT2D eigenvalue weighted by atomic mass is 9.99. The lowest BCUT2D eigenvalue weighted by Gasteiger charge is -2.38. The van der Waals surface area contributed by atoms with E-state index in [0.29, 0.717) is 6.54 Å². The van der Waals surface area contributed by atoms with Crippen molar-refractivity contribution in [2.24, 2.45) is 0 Å². The van der Waals surface area contributed by atoms with E-state index in [1.807, 2.05) is 37.8 Å². The molecule has 1 heterocycles. The molecule has 1 unspecified atom stereocenters. The molecule has 0 aliphatic carbocycles. The molecule has 0 aromatic heterocycles. The Morgan fingerprint density at radius 3 is 2.70 bits per heavy atom. The molecule has 1 aromatic carbocycles. The zero-order valence-corrected chi connectivity index (χ0v) is 12.8. The first-order valence-corrected chi connectivity index (χ1v) is 7.14. The van der Waals surface area contributed by atoms with E-state index < -0.39 is 5.60 Å². The number of nitrogens with one attached hydrogen (secondary N) is 1. The van der Waals surface area contributed by atoms with E-state index in [1.54, 1.807) is 0 Å². The highest BCUT2D eigenvalue weighted by molar-refractivity contribution is 5.69. The molecule has 1 aliphatic rings. The van der Waals surface area contributed by atoms with Gasteiger partial charge in [-0.05, 0) is 38.8 Å². The number of piperazine rings is 1. The molecule has 1 atom stereocenters. The van der Waals surface area contributed by atoms with Crippen molar-refractivity contribution in [2.45, 2.75) is 39.3 Å². The van der Waals surface area contributed by atoms with E-state index in [1.165, 1.54) is 11.1 Å². The van der Waals surface area contributed by atoms with Gasteiger partial charge >= 0.3 is 6.09 Å². The molecule has 4 nitrogen and oxygen atoms in total. The van der Waals surface area contributed by atoms with Gasteiger partial charge in [-0.3, -0.25) is 4.90 Å². The molecular formula is C16H24N2O2. The highest BCUT2D eigenvalue weighted by atomic mass is 16.6. The SMILES string of the molecule is Cc1ccccc1C1CNCCN1C(=O)OC(C)(C)C. The molecule has 0 saturated carbocycles. The summed E-state index contributed by atoms with van der Waals surface area (Å²) in [6.07, 6.45) is -0.229. The smallest absolute Gasteiger partial charge is 0.410 e. The first-order chi connectivity index (χ1) is 9.38. The van der Waals surface area contributed by atoms with Crippen molar-refractivity contribution in [1.29, 1.82) is 0 Å². The predicted octanol–water partition coefficient (Wildman–Crippen LogP) is 2.88. The lowest BCUT2D eigenvalue weighted by Crippen LogP contribution is -2.50. The van der Waals surface area contributed by atoms with E-state index in [9.17, 15) is 4.79 Å². The maximum atomic E-state index is 12.4. The van der Waals surface area contributed by atoms with Crippen LogP contribution in [0, 0.1) is 6.92 Å². The highest BCUT2D eigenvalue weighted by Gasteiger charge is 2.31. The van der Waals surface area contributed by atoms with Crippen molar-refractivity contribution in [1.82, 2.24) is 10.2 Å². The Balaban J connectivity index is 2.22. The number of hydrogen-bond acceptors (Lipinski definition) is 3. The summed E-state index contributed by atoms with van der Waals surface area (Å²) >= 11 is 0. The molecule has 2 rings (SSSR count). The Hall–Kier alpha value is -1.55. The van der Waals surface area contributed by atoms with Crippen LogP contribution in [0.1, 0.15) is 37.9 Å². The molecule has 1 amide bonds. The van der Waals surface area contributed by atoms with Crippen LogP contribution >= 0.6 is 0 Å². The Kier molecular flexibility index (Phi) is 4.33. The van der Waals surface area contributed by atoms with Gasteiger partial charge in [-0.1, -0.05) is 24.3 Å². The average molecular weight is 276 g/mol. The van der Waals surface area contributed by atoms with Gasteiger partial charge in [-0.2, -0.15) is 0 Å². The zero-order valence-electron chi connectivity index (χ0n) is 12.8. The topological polar surface area (TPSA) is 41.6 Å². The summed E-state index contributed by atoms with van der Waals surface area (Å²) in [6.45, 7) is 10.0. The molecule has 4 heteroatoms. The molecule has 1 N–H and O–H groups in total. The lowest BCUT2D eigenvalue weighted by molar-refractivity contribution is 0.0117. The second-order valence-corrected chi connectivity index (χ2v) is 6.25. The van der Waals surface area contributed by atoms with Gasteiger partial charge in [0.05, 0.1) is 6.04 Å². The largest absolute Gasteiger partial charge is 0.444 e. The number of aryl methyl sites for hydroxylation is 1. The molecule has 0 radical (unpaired) electrons.